The van der Waals surface area contributed by atoms with Crippen LogP contribution in [0.4, 0.5) is 0 Å². The molecular weight excluding hydrogens is 182 g/mol. The fraction of sp³-hybridized carbons (Fsp3) is 0.600. The second kappa shape index (κ2) is 4.66. The van der Waals surface area contributed by atoms with Gasteiger partial charge >= 0.3 is 5.97 Å². The van der Waals surface area contributed by atoms with E-state index in [1.54, 1.807) is 0 Å². The standard InChI is InChI=1S/C10H13NO3/c1-2-3-6-9(12)11-7-4-5-8(11)10(13)14/h1,8H,3-7H2,(H,13,14)/t8-/m0/s1. The number of carboxylic acid groups (broad SMARTS) is 1. The number of aliphatic carboxylic acids is 1. The third kappa shape index (κ3) is 2.25. The van der Waals surface area contributed by atoms with Gasteiger partial charge in [-0.3, -0.25) is 4.79 Å². The van der Waals surface area contributed by atoms with Crippen molar-refractivity contribution in [2.75, 3.05) is 6.54 Å². The van der Waals surface area contributed by atoms with Gasteiger partial charge in [0, 0.05) is 19.4 Å². The number of carboxylic acids is 1. The van der Waals surface area contributed by atoms with Crippen LogP contribution in [0, 0.1) is 12.3 Å². The third-order valence-electron chi connectivity index (χ3n) is 2.34. The number of rotatable bonds is 3. The van der Waals surface area contributed by atoms with Gasteiger partial charge in [-0.15, -0.1) is 12.3 Å². The first kappa shape index (κ1) is 10.6. The number of carbonyl (C=O) groups is 2. The topological polar surface area (TPSA) is 57.6 Å². The van der Waals surface area contributed by atoms with E-state index in [0.29, 0.717) is 19.4 Å². The number of amides is 1. The average Bonchev–Trinajstić information content (AvgIpc) is 2.62. The maximum absolute atomic E-state index is 11.5. The minimum Gasteiger partial charge on any atom is -0.480 e. The van der Waals surface area contributed by atoms with E-state index in [1.807, 2.05) is 0 Å². The van der Waals surface area contributed by atoms with Gasteiger partial charge in [-0.2, -0.15) is 0 Å². The van der Waals surface area contributed by atoms with E-state index in [0.717, 1.165) is 6.42 Å². The second-order valence-corrected chi connectivity index (χ2v) is 3.29. The van der Waals surface area contributed by atoms with E-state index >= 15 is 0 Å². The van der Waals surface area contributed by atoms with E-state index in [9.17, 15) is 9.59 Å². The van der Waals surface area contributed by atoms with E-state index < -0.39 is 12.0 Å². The van der Waals surface area contributed by atoms with Crippen molar-refractivity contribution in [2.45, 2.75) is 31.7 Å². The first-order valence-electron chi connectivity index (χ1n) is 4.62. The first-order chi connectivity index (χ1) is 6.66. The Bertz CT molecular complexity index is 280. The minimum atomic E-state index is -0.920. The summed E-state index contributed by atoms with van der Waals surface area (Å²) in [5.74, 6) is 1.31. The lowest BCUT2D eigenvalue weighted by atomic mass is 10.2. The molecule has 1 aliphatic heterocycles. The molecule has 1 amide bonds. The Morgan fingerprint density at radius 2 is 2.29 bits per heavy atom. The summed E-state index contributed by atoms with van der Waals surface area (Å²) in [4.78, 5) is 23.7. The van der Waals surface area contributed by atoms with Crippen LogP contribution in [-0.2, 0) is 9.59 Å². The molecule has 1 atom stereocenters. The van der Waals surface area contributed by atoms with Crippen molar-refractivity contribution in [3.05, 3.63) is 0 Å². The highest BCUT2D eigenvalue weighted by Gasteiger charge is 2.33. The lowest BCUT2D eigenvalue weighted by molar-refractivity contribution is -0.148. The second-order valence-electron chi connectivity index (χ2n) is 3.29. The molecule has 0 aromatic heterocycles. The highest BCUT2D eigenvalue weighted by molar-refractivity contribution is 5.84. The average molecular weight is 195 g/mol. The van der Waals surface area contributed by atoms with Gasteiger partial charge in [-0.1, -0.05) is 0 Å². The fourth-order valence-corrected chi connectivity index (χ4v) is 1.64. The van der Waals surface area contributed by atoms with Crippen molar-refractivity contribution in [3.8, 4) is 12.3 Å². The number of likely N-dealkylation sites (tertiary alicyclic amines) is 1. The summed E-state index contributed by atoms with van der Waals surface area (Å²) in [6, 6.07) is -0.639. The monoisotopic (exact) mass is 195 g/mol. The molecule has 4 nitrogen and oxygen atoms in total. The van der Waals surface area contributed by atoms with E-state index in [4.69, 9.17) is 11.5 Å². The number of hydrogen-bond donors (Lipinski definition) is 1. The molecule has 1 rings (SSSR count). The molecule has 1 aliphatic rings. The summed E-state index contributed by atoms with van der Waals surface area (Å²) in [5, 5.41) is 8.82. The van der Waals surface area contributed by atoms with Crippen molar-refractivity contribution in [2.24, 2.45) is 0 Å². The van der Waals surface area contributed by atoms with Gasteiger partial charge < -0.3 is 10.0 Å². The van der Waals surface area contributed by atoms with Crippen molar-refractivity contribution < 1.29 is 14.7 Å². The highest BCUT2D eigenvalue weighted by atomic mass is 16.4. The van der Waals surface area contributed by atoms with Crippen molar-refractivity contribution in [1.29, 1.82) is 0 Å². The number of carbonyl (C=O) groups excluding carboxylic acids is 1. The van der Waals surface area contributed by atoms with E-state index in [-0.39, 0.29) is 12.3 Å². The van der Waals surface area contributed by atoms with Crippen LogP contribution in [0.25, 0.3) is 0 Å². The van der Waals surface area contributed by atoms with Crippen LogP contribution in [-0.4, -0.2) is 34.5 Å². The third-order valence-corrected chi connectivity index (χ3v) is 2.34. The number of terminal acetylenes is 1. The van der Waals surface area contributed by atoms with E-state index in [2.05, 4.69) is 5.92 Å². The Balaban J connectivity index is 2.54. The Morgan fingerprint density at radius 1 is 1.57 bits per heavy atom. The molecule has 1 N–H and O–H groups in total. The normalized spacial score (nSPS) is 20.5. The maximum atomic E-state index is 11.5. The van der Waals surface area contributed by atoms with Crippen LogP contribution in [0.1, 0.15) is 25.7 Å². The van der Waals surface area contributed by atoms with E-state index in [1.165, 1.54) is 4.90 Å². The van der Waals surface area contributed by atoms with Gasteiger partial charge in [-0.05, 0) is 12.8 Å². The van der Waals surface area contributed by atoms with Gasteiger partial charge in [-0.25, -0.2) is 4.79 Å². The van der Waals surface area contributed by atoms with Crippen LogP contribution in [0.2, 0.25) is 0 Å². The summed E-state index contributed by atoms with van der Waals surface area (Å²) in [7, 11) is 0. The summed E-state index contributed by atoms with van der Waals surface area (Å²) in [5.41, 5.74) is 0. The first-order valence-corrected chi connectivity index (χ1v) is 4.62. The largest absolute Gasteiger partial charge is 0.480 e. The van der Waals surface area contributed by atoms with Crippen LogP contribution in [0.3, 0.4) is 0 Å². The van der Waals surface area contributed by atoms with Crippen molar-refractivity contribution in [1.82, 2.24) is 4.90 Å². The SMILES string of the molecule is C#CCCC(=O)N1CCC[C@H]1C(=O)O. The molecule has 0 aliphatic carbocycles. The molecule has 1 fully saturated rings. The lowest BCUT2D eigenvalue weighted by Crippen LogP contribution is -2.40. The Hall–Kier alpha value is -1.50. The smallest absolute Gasteiger partial charge is 0.326 e. The Morgan fingerprint density at radius 3 is 2.86 bits per heavy atom. The molecule has 0 unspecified atom stereocenters. The fourth-order valence-electron chi connectivity index (χ4n) is 1.64. The van der Waals surface area contributed by atoms with Gasteiger partial charge in [0.05, 0.1) is 0 Å². The molecule has 1 heterocycles. The zero-order valence-corrected chi connectivity index (χ0v) is 7.90. The number of nitrogens with zero attached hydrogens (tertiary/aromatic N) is 1. The molecule has 0 bridgehead atoms. The van der Waals surface area contributed by atoms with Crippen LogP contribution < -0.4 is 0 Å². The molecule has 4 heteroatoms. The van der Waals surface area contributed by atoms with Gasteiger partial charge in [0.2, 0.25) is 5.91 Å². The van der Waals surface area contributed by atoms with Crippen molar-refractivity contribution in [3.63, 3.8) is 0 Å². The van der Waals surface area contributed by atoms with Crippen LogP contribution in [0.15, 0.2) is 0 Å². The maximum Gasteiger partial charge on any atom is 0.326 e. The summed E-state index contributed by atoms with van der Waals surface area (Å²) in [6.45, 7) is 0.542. The minimum absolute atomic E-state index is 0.146. The zero-order chi connectivity index (χ0) is 10.6. The predicted octanol–water partition coefficient (Wildman–Crippen LogP) is 0.475. The Kier molecular flexibility index (Phi) is 3.52. The van der Waals surface area contributed by atoms with Crippen molar-refractivity contribution >= 4 is 11.9 Å². The summed E-state index contributed by atoms with van der Waals surface area (Å²) >= 11 is 0. The molecule has 0 aromatic rings. The molecule has 0 radical (unpaired) electrons. The quantitative estimate of drug-likeness (QED) is 0.666. The number of hydrogen-bond acceptors (Lipinski definition) is 2. The molecule has 76 valence electrons. The molecule has 0 saturated carbocycles. The molecule has 1 saturated heterocycles. The lowest BCUT2D eigenvalue weighted by Gasteiger charge is -2.20. The van der Waals surface area contributed by atoms with Crippen LogP contribution in [0.5, 0.6) is 0 Å². The predicted molar refractivity (Wildman–Crippen MR) is 50.4 cm³/mol. The van der Waals surface area contributed by atoms with Gasteiger partial charge in [0.25, 0.3) is 0 Å². The van der Waals surface area contributed by atoms with Crippen LogP contribution >= 0.6 is 0 Å². The molecule has 14 heavy (non-hydrogen) atoms. The highest BCUT2D eigenvalue weighted by Crippen LogP contribution is 2.18. The summed E-state index contributed by atoms with van der Waals surface area (Å²) in [6.07, 6.45) is 6.98. The molecule has 0 aromatic carbocycles. The molecular formula is C10H13NO3. The zero-order valence-electron chi connectivity index (χ0n) is 7.90. The summed E-state index contributed by atoms with van der Waals surface area (Å²) < 4.78 is 0. The Labute approximate surface area is 82.9 Å². The molecule has 0 spiro atoms. The van der Waals surface area contributed by atoms with Gasteiger partial charge in [0.1, 0.15) is 6.04 Å². The van der Waals surface area contributed by atoms with Gasteiger partial charge in [0.15, 0.2) is 0 Å².